The number of carbonyl (C=O) groups excluding carboxylic acids is 2. The van der Waals surface area contributed by atoms with Gasteiger partial charge in [-0.1, -0.05) is 30.3 Å². The van der Waals surface area contributed by atoms with Crippen molar-refractivity contribution in [1.29, 1.82) is 0 Å². The zero-order valence-electron chi connectivity index (χ0n) is 17.4. The van der Waals surface area contributed by atoms with Gasteiger partial charge in [-0.15, -0.1) is 0 Å². The van der Waals surface area contributed by atoms with E-state index >= 15 is 0 Å². The SMILES string of the molecule is CCOC(=O)C1CN(Cc2ccccc2)CC12CCN(C(=O)OC(C)(C)C)C2. The summed E-state index contributed by atoms with van der Waals surface area (Å²) >= 11 is 0. The number of amides is 1. The Morgan fingerprint density at radius 2 is 1.89 bits per heavy atom. The lowest BCUT2D eigenvalue weighted by molar-refractivity contribution is -0.150. The molecule has 0 radical (unpaired) electrons. The number of carbonyl (C=O) groups is 2. The van der Waals surface area contributed by atoms with E-state index in [9.17, 15) is 9.59 Å². The molecule has 2 fully saturated rings. The van der Waals surface area contributed by atoms with E-state index in [1.54, 1.807) is 4.90 Å². The Hall–Kier alpha value is -2.08. The van der Waals surface area contributed by atoms with Crippen LogP contribution in [0.25, 0.3) is 0 Å². The van der Waals surface area contributed by atoms with Crippen LogP contribution in [-0.2, 0) is 20.8 Å². The Balaban J connectivity index is 1.74. The minimum Gasteiger partial charge on any atom is -0.466 e. The number of rotatable bonds is 4. The van der Waals surface area contributed by atoms with Gasteiger partial charge >= 0.3 is 12.1 Å². The van der Waals surface area contributed by atoms with Crippen molar-refractivity contribution in [1.82, 2.24) is 9.80 Å². The van der Waals surface area contributed by atoms with E-state index in [-0.39, 0.29) is 23.4 Å². The van der Waals surface area contributed by atoms with Gasteiger partial charge in [-0.25, -0.2) is 4.79 Å². The normalized spacial score (nSPS) is 25.3. The smallest absolute Gasteiger partial charge is 0.410 e. The maximum atomic E-state index is 12.7. The van der Waals surface area contributed by atoms with Gasteiger partial charge in [-0.2, -0.15) is 0 Å². The number of hydrogen-bond acceptors (Lipinski definition) is 5. The topological polar surface area (TPSA) is 59.1 Å². The predicted molar refractivity (Wildman–Crippen MR) is 107 cm³/mol. The van der Waals surface area contributed by atoms with Crippen LogP contribution >= 0.6 is 0 Å². The van der Waals surface area contributed by atoms with Gasteiger partial charge < -0.3 is 14.4 Å². The van der Waals surface area contributed by atoms with Gasteiger partial charge in [-0.3, -0.25) is 9.69 Å². The minimum absolute atomic E-state index is 0.149. The molecule has 2 aliphatic heterocycles. The lowest BCUT2D eigenvalue weighted by Crippen LogP contribution is -2.41. The van der Waals surface area contributed by atoms with Gasteiger partial charge in [0, 0.05) is 38.1 Å². The molecule has 1 aromatic carbocycles. The molecule has 2 unspecified atom stereocenters. The molecule has 1 aromatic rings. The third-order valence-corrected chi connectivity index (χ3v) is 5.58. The average molecular weight is 389 g/mol. The molecule has 2 saturated heterocycles. The van der Waals surface area contributed by atoms with Crippen molar-refractivity contribution in [2.24, 2.45) is 11.3 Å². The van der Waals surface area contributed by atoms with Crippen LogP contribution in [0.3, 0.4) is 0 Å². The lowest BCUT2D eigenvalue weighted by Gasteiger charge is -2.30. The number of hydrogen-bond donors (Lipinski definition) is 0. The summed E-state index contributed by atoms with van der Waals surface area (Å²) in [6.45, 7) is 11.2. The van der Waals surface area contributed by atoms with Crippen LogP contribution in [0.5, 0.6) is 0 Å². The highest BCUT2D eigenvalue weighted by Gasteiger charge is 2.55. The van der Waals surface area contributed by atoms with Gasteiger partial charge in [0.15, 0.2) is 0 Å². The Morgan fingerprint density at radius 1 is 1.18 bits per heavy atom. The molecule has 28 heavy (non-hydrogen) atoms. The van der Waals surface area contributed by atoms with Gasteiger partial charge in [0.2, 0.25) is 0 Å². The first-order chi connectivity index (χ1) is 13.2. The quantitative estimate of drug-likeness (QED) is 0.741. The molecular formula is C22H32N2O4. The van der Waals surface area contributed by atoms with Crippen molar-refractivity contribution >= 4 is 12.1 Å². The summed E-state index contributed by atoms with van der Waals surface area (Å²) in [5, 5.41) is 0. The third kappa shape index (κ3) is 4.66. The summed E-state index contributed by atoms with van der Waals surface area (Å²) < 4.78 is 10.9. The van der Waals surface area contributed by atoms with Crippen LogP contribution in [-0.4, -0.2) is 60.2 Å². The average Bonchev–Trinajstić information content (AvgIpc) is 3.19. The van der Waals surface area contributed by atoms with E-state index in [4.69, 9.17) is 9.47 Å². The van der Waals surface area contributed by atoms with Crippen LogP contribution in [0.4, 0.5) is 4.79 Å². The molecule has 2 heterocycles. The maximum Gasteiger partial charge on any atom is 0.410 e. The molecule has 2 atom stereocenters. The molecule has 6 nitrogen and oxygen atoms in total. The summed E-state index contributed by atoms with van der Waals surface area (Å²) in [6, 6.07) is 10.3. The number of nitrogens with zero attached hydrogens (tertiary/aromatic N) is 2. The van der Waals surface area contributed by atoms with E-state index in [1.807, 2.05) is 45.9 Å². The molecule has 6 heteroatoms. The predicted octanol–water partition coefficient (Wildman–Crippen LogP) is 3.31. The fraction of sp³-hybridized carbons (Fsp3) is 0.636. The summed E-state index contributed by atoms with van der Waals surface area (Å²) in [5.74, 6) is -0.368. The second-order valence-electron chi connectivity index (χ2n) is 8.97. The summed E-state index contributed by atoms with van der Waals surface area (Å²) in [7, 11) is 0. The van der Waals surface area contributed by atoms with Crippen molar-refractivity contribution in [2.45, 2.75) is 46.3 Å². The highest BCUT2D eigenvalue weighted by atomic mass is 16.6. The van der Waals surface area contributed by atoms with Crippen molar-refractivity contribution in [3.05, 3.63) is 35.9 Å². The maximum absolute atomic E-state index is 12.7. The molecule has 0 saturated carbocycles. The second kappa shape index (κ2) is 8.11. The first kappa shape index (κ1) is 20.6. The monoisotopic (exact) mass is 388 g/mol. The van der Waals surface area contributed by atoms with E-state index < -0.39 is 5.60 Å². The lowest BCUT2D eigenvalue weighted by atomic mass is 9.77. The molecular weight excluding hydrogens is 356 g/mol. The Morgan fingerprint density at radius 3 is 2.54 bits per heavy atom. The molecule has 3 rings (SSSR count). The Kier molecular flexibility index (Phi) is 5.98. The van der Waals surface area contributed by atoms with Crippen molar-refractivity contribution in [3.63, 3.8) is 0 Å². The third-order valence-electron chi connectivity index (χ3n) is 5.58. The molecule has 1 amide bonds. The first-order valence-electron chi connectivity index (χ1n) is 10.1. The largest absolute Gasteiger partial charge is 0.466 e. The minimum atomic E-state index is -0.525. The summed E-state index contributed by atoms with van der Waals surface area (Å²) in [4.78, 5) is 29.3. The molecule has 0 bridgehead atoms. The number of ether oxygens (including phenoxy) is 2. The molecule has 0 N–H and O–H groups in total. The molecule has 154 valence electrons. The summed E-state index contributed by atoms with van der Waals surface area (Å²) in [5.41, 5.74) is 0.435. The zero-order valence-corrected chi connectivity index (χ0v) is 17.4. The van der Waals surface area contributed by atoms with E-state index in [0.717, 1.165) is 19.5 Å². The van der Waals surface area contributed by atoms with Crippen LogP contribution < -0.4 is 0 Å². The highest BCUT2D eigenvalue weighted by Crippen LogP contribution is 2.45. The van der Waals surface area contributed by atoms with Crippen LogP contribution in [0.2, 0.25) is 0 Å². The van der Waals surface area contributed by atoms with Crippen molar-refractivity contribution in [3.8, 4) is 0 Å². The molecule has 0 aliphatic carbocycles. The van der Waals surface area contributed by atoms with E-state index in [1.165, 1.54) is 5.56 Å². The summed E-state index contributed by atoms with van der Waals surface area (Å²) in [6.07, 6.45) is 0.495. The number of likely N-dealkylation sites (tertiary alicyclic amines) is 2. The van der Waals surface area contributed by atoms with Gasteiger partial charge in [0.1, 0.15) is 5.60 Å². The standard InChI is InChI=1S/C22H32N2O4/c1-5-27-19(25)18-14-23(13-17-9-7-6-8-10-17)15-22(18)11-12-24(16-22)20(26)28-21(2,3)4/h6-10,18H,5,11-16H2,1-4H3. The molecule has 2 aliphatic rings. The second-order valence-corrected chi connectivity index (χ2v) is 8.97. The first-order valence-corrected chi connectivity index (χ1v) is 10.1. The van der Waals surface area contributed by atoms with Crippen LogP contribution in [0, 0.1) is 11.3 Å². The van der Waals surface area contributed by atoms with Crippen molar-refractivity contribution < 1.29 is 19.1 Å². The van der Waals surface area contributed by atoms with Crippen LogP contribution in [0.15, 0.2) is 30.3 Å². The Bertz CT molecular complexity index is 700. The molecule has 0 aromatic heterocycles. The Labute approximate surface area is 167 Å². The van der Waals surface area contributed by atoms with E-state index in [2.05, 4.69) is 17.0 Å². The number of esters is 1. The van der Waals surface area contributed by atoms with Crippen molar-refractivity contribution in [2.75, 3.05) is 32.8 Å². The van der Waals surface area contributed by atoms with Gasteiger partial charge in [0.25, 0.3) is 0 Å². The molecule has 1 spiro atoms. The fourth-order valence-corrected chi connectivity index (χ4v) is 4.39. The number of benzene rings is 1. The van der Waals surface area contributed by atoms with Gasteiger partial charge in [0.05, 0.1) is 12.5 Å². The van der Waals surface area contributed by atoms with Crippen LogP contribution in [0.1, 0.15) is 39.7 Å². The highest BCUT2D eigenvalue weighted by molar-refractivity contribution is 5.75. The van der Waals surface area contributed by atoms with Gasteiger partial charge in [-0.05, 0) is 39.7 Å². The fourth-order valence-electron chi connectivity index (χ4n) is 4.39. The zero-order chi connectivity index (χ0) is 20.4. The van der Waals surface area contributed by atoms with E-state index in [0.29, 0.717) is 26.2 Å².